The van der Waals surface area contributed by atoms with E-state index in [1.54, 1.807) is 0 Å². The number of aliphatic hydroxyl groups is 2. The second kappa shape index (κ2) is 15.0. The van der Waals surface area contributed by atoms with Gasteiger partial charge in [-0.15, -0.1) is 0 Å². The summed E-state index contributed by atoms with van der Waals surface area (Å²) in [7, 11) is -4.78. The van der Waals surface area contributed by atoms with Crippen molar-refractivity contribution in [3.8, 4) is 0 Å². The molecule has 4 atom stereocenters. The molecule has 2 aromatic heterocycles. The summed E-state index contributed by atoms with van der Waals surface area (Å²) < 4.78 is 22.3. The smallest absolute Gasteiger partial charge is 0.387 e. The van der Waals surface area contributed by atoms with E-state index in [0.29, 0.717) is 6.42 Å². The van der Waals surface area contributed by atoms with E-state index in [2.05, 4.69) is 31.7 Å². The lowest BCUT2D eigenvalue weighted by Gasteiger charge is -2.16. The van der Waals surface area contributed by atoms with Crippen LogP contribution in [0.4, 0.5) is 5.82 Å². The van der Waals surface area contributed by atoms with Crippen molar-refractivity contribution >= 4 is 30.7 Å². The molecule has 1 amide bonds. The molecule has 0 aliphatic carbocycles. The van der Waals surface area contributed by atoms with Crippen molar-refractivity contribution in [1.82, 2.24) is 19.5 Å². The van der Waals surface area contributed by atoms with Crippen LogP contribution in [0.2, 0.25) is 0 Å². The number of aromatic nitrogens is 4. The van der Waals surface area contributed by atoms with E-state index in [1.807, 2.05) is 0 Å². The average molecular weight is 558 g/mol. The molecule has 1 aliphatic rings. The number of rotatable bonds is 17. The SMILES string of the molecule is CCCCCCCCCCCCCC(=O)Nc1ncnc2c1ncn2[C@@H]1O[C@H](COP(=O)(O)O)[C@@H](O)[C@H]1O. The molecule has 1 saturated heterocycles. The van der Waals surface area contributed by atoms with Gasteiger partial charge in [0, 0.05) is 6.42 Å². The van der Waals surface area contributed by atoms with Gasteiger partial charge < -0.3 is 30.1 Å². The van der Waals surface area contributed by atoms with E-state index in [-0.39, 0.29) is 22.9 Å². The van der Waals surface area contributed by atoms with Crippen LogP contribution in [0.5, 0.6) is 0 Å². The zero-order valence-electron chi connectivity index (χ0n) is 21.8. The molecule has 1 fully saturated rings. The molecule has 0 unspecified atom stereocenters. The van der Waals surface area contributed by atoms with Crippen LogP contribution >= 0.6 is 7.82 Å². The first kappa shape index (κ1) is 30.6. The van der Waals surface area contributed by atoms with Gasteiger partial charge in [0.25, 0.3) is 0 Å². The fraction of sp³-hybridized carbons (Fsp3) is 0.750. The Bertz CT molecular complexity index is 1060. The fourth-order valence-electron chi connectivity index (χ4n) is 4.54. The molecule has 214 valence electrons. The van der Waals surface area contributed by atoms with Crippen molar-refractivity contribution in [2.45, 2.75) is 109 Å². The maximum Gasteiger partial charge on any atom is 0.469 e. The van der Waals surface area contributed by atoms with Gasteiger partial charge in [-0.25, -0.2) is 19.5 Å². The monoisotopic (exact) mass is 557 g/mol. The molecule has 2 aromatic rings. The summed E-state index contributed by atoms with van der Waals surface area (Å²) in [5.74, 6) is 0.0361. The number of nitrogens with zero attached hydrogens (tertiary/aromatic N) is 4. The maximum absolute atomic E-state index is 12.5. The third kappa shape index (κ3) is 9.04. The van der Waals surface area contributed by atoms with Crippen molar-refractivity contribution in [1.29, 1.82) is 0 Å². The van der Waals surface area contributed by atoms with Crippen molar-refractivity contribution in [3.05, 3.63) is 12.7 Å². The minimum absolute atomic E-state index is 0.183. The number of nitrogens with one attached hydrogen (secondary N) is 1. The molecule has 3 heterocycles. The molecule has 0 bridgehead atoms. The number of anilines is 1. The summed E-state index contributed by atoms with van der Waals surface area (Å²) in [6.07, 6.45) is 10.9. The molecule has 0 spiro atoms. The molecule has 38 heavy (non-hydrogen) atoms. The predicted octanol–water partition coefficient (Wildman–Crippen LogP) is 3.19. The summed E-state index contributed by atoms with van der Waals surface area (Å²) in [4.78, 5) is 42.8. The van der Waals surface area contributed by atoms with E-state index in [1.165, 1.54) is 68.6 Å². The summed E-state index contributed by atoms with van der Waals surface area (Å²) in [6, 6.07) is 0. The van der Waals surface area contributed by atoms with Gasteiger partial charge in [-0.1, -0.05) is 71.1 Å². The van der Waals surface area contributed by atoms with Crippen molar-refractivity contribution < 1.29 is 38.6 Å². The molecule has 1 aliphatic heterocycles. The highest BCUT2D eigenvalue weighted by molar-refractivity contribution is 7.46. The van der Waals surface area contributed by atoms with Crippen molar-refractivity contribution in [2.75, 3.05) is 11.9 Å². The summed E-state index contributed by atoms with van der Waals surface area (Å²) in [5, 5.41) is 23.5. The van der Waals surface area contributed by atoms with Gasteiger partial charge in [0.05, 0.1) is 12.9 Å². The number of hydrogen-bond acceptors (Lipinski definition) is 9. The first-order valence-corrected chi connectivity index (χ1v) is 14.9. The number of phosphoric ester groups is 1. The third-order valence-electron chi connectivity index (χ3n) is 6.64. The molecular formula is C24H40N5O8P. The molecule has 14 heteroatoms. The number of carbonyl (C=O) groups excluding carboxylic acids is 1. The number of amides is 1. The van der Waals surface area contributed by atoms with Crippen LogP contribution in [0.1, 0.15) is 90.2 Å². The summed E-state index contributed by atoms with van der Waals surface area (Å²) in [5.41, 5.74) is 0.526. The predicted molar refractivity (Wildman–Crippen MR) is 139 cm³/mol. The number of aliphatic hydroxyl groups excluding tert-OH is 2. The van der Waals surface area contributed by atoms with Crippen LogP contribution in [0, 0.1) is 0 Å². The topological polar surface area (TPSA) is 189 Å². The van der Waals surface area contributed by atoms with Crippen LogP contribution < -0.4 is 5.32 Å². The van der Waals surface area contributed by atoms with E-state index in [9.17, 15) is 19.6 Å². The van der Waals surface area contributed by atoms with Gasteiger partial charge in [-0.05, 0) is 6.42 Å². The van der Waals surface area contributed by atoms with Crippen molar-refractivity contribution in [2.24, 2.45) is 0 Å². The molecule has 3 rings (SSSR count). The highest BCUT2D eigenvalue weighted by Gasteiger charge is 2.45. The fourth-order valence-corrected chi connectivity index (χ4v) is 4.88. The first-order valence-electron chi connectivity index (χ1n) is 13.4. The minimum atomic E-state index is -4.78. The molecule has 5 N–H and O–H groups in total. The van der Waals surface area contributed by atoms with Gasteiger partial charge in [-0.3, -0.25) is 13.9 Å². The lowest BCUT2D eigenvalue weighted by molar-refractivity contribution is -0.116. The number of hydrogen-bond donors (Lipinski definition) is 5. The van der Waals surface area contributed by atoms with Crippen LogP contribution in [0.15, 0.2) is 12.7 Å². The Labute approximate surface area is 222 Å². The zero-order chi connectivity index (χ0) is 27.5. The van der Waals surface area contributed by atoms with Gasteiger partial charge in [0.1, 0.15) is 24.6 Å². The Hall–Kier alpha value is -1.99. The van der Waals surface area contributed by atoms with Crippen LogP contribution in [0.25, 0.3) is 11.2 Å². The van der Waals surface area contributed by atoms with Crippen LogP contribution in [0.3, 0.4) is 0 Å². The van der Waals surface area contributed by atoms with Gasteiger partial charge in [-0.2, -0.15) is 0 Å². The molecule has 0 radical (unpaired) electrons. The quantitative estimate of drug-likeness (QED) is 0.142. The molecular weight excluding hydrogens is 517 g/mol. The number of ether oxygens (including phenoxy) is 1. The van der Waals surface area contributed by atoms with Crippen molar-refractivity contribution in [3.63, 3.8) is 0 Å². The summed E-state index contributed by atoms with van der Waals surface area (Å²) >= 11 is 0. The molecule has 13 nitrogen and oxygen atoms in total. The van der Waals surface area contributed by atoms with E-state index >= 15 is 0 Å². The second-order valence-corrected chi connectivity index (χ2v) is 11.0. The van der Waals surface area contributed by atoms with Gasteiger partial charge in [0.15, 0.2) is 23.2 Å². The first-order chi connectivity index (χ1) is 18.2. The maximum atomic E-state index is 12.5. The van der Waals surface area contributed by atoms with Crippen LogP contribution in [-0.2, 0) is 18.6 Å². The highest BCUT2D eigenvalue weighted by atomic mass is 31.2. The Morgan fingerprint density at radius 1 is 1.00 bits per heavy atom. The number of imidazole rings is 1. The van der Waals surface area contributed by atoms with E-state index in [4.69, 9.17) is 14.5 Å². The standard InChI is InChI=1S/C24H40N5O8P/c1-2-3-4-5-6-7-8-9-10-11-12-13-18(30)28-22-19-23(26-15-25-22)29(16-27-19)24-21(32)20(31)17(37-24)14-36-38(33,34)35/h15-17,20-21,24,31-32H,2-14H2,1H3,(H2,33,34,35)(H,25,26,28,30)/t17-,20-,21-,24-/m1/s1. The van der Waals surface area contributed by atoms with Gasteiger partial charge >= 0.3 is 7.82 Å². The number of carbonyl (C=O) groups is 1. The minimum Gasteiger partial charge on any atom is -0.387 e. The Morgan fingerprint density at radius 2 is 1.63 bits per heavy atom. The molecule has 0 saturated carbocycles. The van der Waals surface area contributed by atoms with E-state index < -0.39 is 39.0 Å². The largest absolute Gasteiger partial charge is 0.469 e. The number of phosphoric acid groups is 1. The van der Waals surface area contributed by atoms with E-state index in [0.717, 1.165) is 19.3 Å². The lowest BCUT2D eigenvalue weighted by Crippen LogP contribution is -2.33. The normalized spacial score (nSPS) is 21.8. The average Bonchev–Trinajstić information content (AvgIpc) is 3.42. The van der Waals surface area contributed by atoms with Gasteiger partial charge in [0.2, 0.25) is 5.91 Å². The lowest BCUT2D eigenvalue weighted by atomic mass is 10.1. The number of fused-ring (bicyclic) bond motifs is 1. The summed E-state index contributed by atoms with van der Waals surface area (Å²) in [6.45, 7) is 1.60. The highest BCUT2D eigenvalue weighted by Crippen LogP contribution is 2.39. The second-order valence-electron chi connectivity index (χ2n) is 9.71. The Kier molecular flexibility index (Phi) is 12.0. The Balaban J connectivity index is 1.46. The molecule has 0 aromatic carbocycles. The third-order valence-corrected chi connectivity index (χ3v) is 7.13. The number of unbranched alkanes of at least 4 members (excludes halogenated alkanes) is 10. The van der Waals surface area contributed by atoms with Crippen LogP contribution in [-0.4, -0.2) is 70.3 Å². The zero-order valence-corrected chi connectivity index (χ0v) is 22.7. The Morgan fingerprint density at radius 3 is 2.26 bits per heavy atom.